The van der Waals surface area contributed by atoms with Crippen molar-refractivity contribution in [1.29, 1.82) is 0 Å². The van der Waals surface area contributed by atoms with Gasteiger partial charge in [0.25, 0.3) is 0 Å². The molecule has 2 aliphatic rings. The molecule has 9 heteroatoms. The smallest absolute Gasteiger partial charge is 0.224 e. The van der Waals surface area contributed by atoms with E-state index in [2.05, 4.69) is 17.2 Å². The van der Waals surface area contributed by atoms with Crippen molar-refractivity contribution in [1.82, 2.24) is 19.7 Å². The molecule has 2 fully saturated rings. The molecule has 35 heavy (non-hydrogen) atoms. The number of hydrogen-bond acceptors (Lipinski definition) is 7. The number of fused-ring (bicyclic) bond motifs is 1. The zero-order chi connectivity index (χ0) is 24.2. The second kappa shape index (κ2) is 10.9. The molecule has 1 aromatic carbocycles. The lowest BCUT2D eigenvalue weighted by Crippen LogP contribution is -2.36. The van der Waals surface area contributed by atoms with Crippen molar-refractivity contribution < 1.29 is 9.13 Å². The molecule has 8 nitrogen and oxygen atoms in total. The van der Waals surface area contributed by atoms with Gasteiger partial charge in [0.1, 0.15) is 11.5 Å². The number of nitrogens with one attached hydrogen (secondary N) is 1. The van der Waals surface area contributed by atoms with Gasteiger partial charge in [0.05, 0.1) is 24.3 Å². The summed E-state index contributed by atoms with van der Waals surface area (Å²) in [5, 5.41) is 9.11. The van der Waals surface area contributed by atoms with E-state index in [-0.39, 0.29) is 5.82 Å². The van der Waals surface area contributed by atoms with Gasteiger partial charge in [-0.2, -0.15) is 10.1 Å². The first-order valence-electron chi connectivity index (χ1n) is 13.0. The molecule has 0 unspecified atom stereocenters. The Hall–Kier alpha value is -2.78. The molecule has 0 spiro atoms. The van der Waals surface area contributed by atoms with Crippen LogP contribution in [-0.4, -0.2) is 58.6 Å². The summed E-state index contributed by atoms with van der Waals surface area (Å²) in [4.78, 5) is 11.4. The predicted octanol–water partition coefficient (Wildman–Crippen LogP) is 4.20. The lowest BCUT2D eigenvalue weighted by atomic mass is 9.86. The van der Waals surface area contributed by atoms with Gasteiger partial charge in [-0.1, -0.05) is 19.4 Å². The zero-order valence-corrected chi connectivity index (χ0v) is 20.5. The first-order valence-corrected chi connectivity index (χ1v) is 13.0. The van der Waals surface area contributed by atoms with Crippen molar-refractivity contribution in [2.24, 2.45) is 11.7 Å². The Labute approximate surface area is 206 Å². The van der Waals surface area contributed by atoms with Crippen molar-refractivity contribution in [2.45, 2.75) is 58.0 Å². The fourth-order valence-corrected chi connectivity index (χ4v) is 5.09. The van der Waals surface area contributed by atoms with E-state index in [4.69, 9.17) is 20.6 Å². The molecular weight excluding hydrogens is 445 g/mol. The molecule has 3 N–H and O–H groups in total. The molecule has 5 rings (SSSR count). The van der Waals surface area contributed by atoms with E-state index >= 15 is 4.39 Å². The Morgan fingerprint density at radius 2 is 1.97 bits per heavy atom. The van der Waals surface area contributed by atoms with Crippen LogP contribution in [0.1, 0.15) is 45.4 Å². The summed E-state index contributed by atoms with van der Waals surface area (Å²) in [6.45, 7) is 6.40. The van der Waals surface area contributed by atoms with E-state index in [1.165, 1.54) is 0 Å². The Balaban J connectivity index is 1.47. The summed E-state index contributed by atoms with van der Waals surface area (Å²) in [6, 6.07) is 5.70. The average Bonchev–Trinajstić information content (AvgIpc) is 3.23. The van der Waals surface area contributed by atoms with E-state index in [0.717, 1.165) is 73.9 Å². The highest BCUT2D eigenvalue weighted by Gasteiger charge is 2.23. The number of rotatable bonds is 8. The van der Waals surface area contributed by atoms with Crippen molar-refractivity contribution in [3.8, 4) is 11.3 Å². The van der Waals surface area contributed by atoms with Gasteiger partial charge >= 0.3 is 0 Å². The minimum Gasteiger partial charge on any atom is -0.378 e. The summed E-state index contributed by atoms with van der Waals surface area (Å²) in [7, 11) is 0. The molecule has 1 saturated carbocycles. The number of nitrogens with zero attached hydrogens (tertiary/aromatic N) is 5. The maximum absolute atomic E-state index is 15.2. The topological polar surface area (TPSA) is 94.1 Å². The van der Waals surface area contributed by atoms with Crippen LogP contribution in [0.5, 0.6) is 0 Å². The highest BCUT2D eigenvalue weighted by molar-refractivity contribution is 5.91. The van der Waals surface area contributed by atoms with Crippen molar-refractivity contribution in [2.75, 3.05) is 43.1 Å². The van der Waals surface area contributed by atoms with Crippen molar-refractivity contribution >= 4 is 22.7 Å². The molecule has 0 amide bonds. The Kier molecular flexibility index (Phi) is 7.43. The van der Waals surface area contributed by atoms with Gasteiger partial charge in [0.15, 0.2) is 5.65 Å². The highest BCUT2D eigenvalue weighted by atomic mass is 19.1. The maximum atomic E-state index is 15.2. The van der Waals surface area contributed by atoms with E-state index in [1.807, 2.05) is 27.9 Å². The van der Waals surface area contributed by atoms with Crippen LogP contribution in [0, 0.1) is 11.7 Å². The first kappa shape index (κ1) is 23.9. The van der Waals surface area contributed by atoms with Gasteiger partial charge in [0.2, 0.25) is 5.95 Å². The normalized spacial score (nSPS) is 20.9. The number of unbranched alkanes of at least 4 members (excludes halogenated alkanes) is 1. The summed E-state index contributed by atoms with van der Waals surface area (Å²) in [5.41, 5.74) is 8.99. The molecule has 188 valence electrons. The molecule has 0 bridgehead atoms. The standard InChI is InChI=1S/C26H36FN7O/c1-2-3-10-29-26-30-16-21-24(19-6-9-23(22(27)15-19)33-11-13-35-14-12-33)32-34(25(21)31-26)17-18-4-7-20(28)8-5-18/h6,9,15-16,18,20H,2-5,7-8,10-14,17,28H2,1H3,(H,29,30,31)/t18-,20-. The number of anilines is 2. The van der Waals surface area contributed by atoms with E-state index in [1.54, 1.807) is 6.07 Å². The average molecular weight is 482 g/mol. The Bertz CT molecular complexity index is 1140. The van der Waals surface area contributed by atoms with Gasteiger partial charge in [-0.25, -0.2) is 14.1 Å². The number of nitrogens with two attached hydrogens (primary N) is 1. The molecular formula is C26H36FN7O. The second-order valence-corrected chi connectivity index (χ2v) is 9.79. The van der Waals surface area contributed by atoms with Gasteiger partial charge in [0, 0.05) is 44.0 Å². The van der Waals surface area contributed by atoms with Crippen LogP contribution in [0.2, 0.25) is 0 Å². The van der Waals surface area contributed by atoms with Crippen LogP contribution in [0.4, 0.5) is 16.0 Å². The number of halogens is 1. The van der Waals surface area contributed by atoms with Crippen molar-refractivity contribution in [3.63, 3.8) is 0 Å². The quantitative estimate of drug-likeness (QED) is 0.466. The number of morpholine rings is 1. The van der Waals surface area contributed by atoms with Crippen LogP contribution in [-0.2, 0) is 11.3 Å². The zero-order valence-electron chi connectivity index (χ0n) is 20.5. The van der Waals surface area contributed by atoms with E-state index in [0.29, 0.717) is 49.9 Å². The maximum Gasteiger partial charge on any atom is 0.224 e. The van der Waals surface area contributed by atoms with Crippen LogP contribution < -0.4 is 16.0 Å². The SMILES string of the molecule is CCCCNc1ncc2c(-c3ccc(N4CCOCC4)c(F)c3)nn(C[C@H]3CC[C@H](N)CC3)c2n1. The molecule has 3 aromatic rings. The summed E-state index contributed by atoms with van der Waals surface area (Å²) < 4.78 is 22.6. The van der Waals surface area contributed by atoms with E-state index in [9.17, 15) is 0 Å². The molecule has 1 aliphatic heterocycles. The summed E-state index contributed by atoms with van der Waals surface area (Å²) in [6.07, 6.45) is 8.25. The van der Waals surface area contributed by atoms with Crippen LogP contribution >= 0.6 is 0 Å². The van der Waals surface area contributed by atoms with Gasteiger partial charge in [-0.3, -0.25) is 0 Å². The first-order chi connectivity index (χ1) is 17.1. The van der Waals surface area contributed by atoms with Crippen LogP contribution in [0.25, 0.3) is 22.3 Å². The van der Waals surface area contributed by atoms with Gasteiger partial charge in [-0.15, -0.1) is 0 Å². The number of aromatic nitrogens is 4. The molecule has 3 heterocycles. The fraction of sp³-hybridized carbons (Fsp3) is 0.577. The number of ether oxygens (including phenoxy) is 1. The van der Waals surface area contributed by atoms with Crippen LogP contribution in [0.15, 0.2) is 24.4 Å². The third kappa shape index (κ3) is 5.41. The fourth-order valence-electron chi connectivity index (χ4n) is 5.09. The lowest BCUT2D eigenvalue weighted by Gasteiger charge is -2.29. The van der Waals surface area contributed by atoms with Crippen LogP contribution in [0.3, 0.4) is 0 Å². The van der Waals surface area contributed by atoms with Gasteiger partial charge in [-0.05, 0) is 50.2 Å². The van der Waals surface area contributed by atoms with Crippen molar-refractivity contribution in [3.05, 3.63) is 30.2 Å². The van der Waals surface area contributed by atoms with Gasteiger partial charge < -0.3 is 20.7 Å². The Morgan fingerprint density at radius 3 is 2.71 bits per heavy atom. The minimum absolute atomic E-state index is 0.243. The largest absolute Gasteiger partial charge is 0.378 e. The number of benzene rings is 1. The molecule has 0 radical (unpaired) electrons. The Morgan fingerprint density at radius 1 is 1.17 bits per heavy atom. The highest BCUT2D eigenvalue weighted by Crippen LogP contribution is 2.32. The van der Waals surface area contributed by atoms with E-state index < -0.39 is 0 Å². The second-order valence-electron chi connectivity index (χ2n) is 9.79. The molecule has 2 aromatic heterocycles. The minimum atomic E-state index is -0.243. The molecule has 1 aliphatic carbocycles. The summed E-state index contributed by atoms with van der Waals surface area (Å²) in [5.74, 6) is 0.878. The summed E-state index contributed by atoms with van der Waals surface area (Å²) >= 11 is 0. The monoisotopic (exact) mass is 481 g/mol. The third-order valence-electron chi connectivity index (χ3n) is 7.20. The molecule has 1 saturated heterocycles. The number of hydrogen-bond donors (Lipinski definition) is 2. The predicted molar refractivity (Wildman–Crippen MR) is 137 cm³/mol. The third-order valence-corrected chi connectivity index (χ3v) is 7.20. The lowest BCUT2D eigenvalue weighted by molar-refractivity contribution is 0.122. The molecule has 0 atom stereocenters.